The van der Waals surface area contributed by atoms with Gasteiger partial charge in [0.05, 0.1) is 13.7 Å². The maximum Gasteiger partial charge on any atom is 0.321 e. The van der Waals surface area contributed by atoms with Crippen molar-refractivity contribution in [2.45, 2.75) is 62.9 Å². The third-order valence-corrected chi connectivity index (χ3v) is 9.61. The molecule has 0 aliphatic heterocycles. The fraction of sp³-hybridized carbons (Fsp3) is 0.424. The lowest BCUT2D eigenvalue weighted by Crippen LogP contribution is -2.38. The molecule has 3 aromatic carbocycles. The minimum absolute atomic E-state index is 0.0670. The van der Waals surface area contributed by atoms with Crippen molar-refractivity contribution in [1.82, 2.24) is 0 Å². The predicted octanol–water partition coefficient (Wildman–Crippen LogP) is 5.88. The highest BCUT2D eigenvalue weighted by atomic mass is 16.5. The number of aliphatic hydroxyl groups excluding tert-OH is 1. The molecule has 4 aliphatic rings. The molecule has 0 heterocycles. The van der Waals surface area contributed by atoms with Crippen molar-refractivity contribution < 1.29 is 24.2 Å². The number of aldehydes is 1. The van der Waals surface area contributed by atoms with E-state index in [0.29, 0.717) is 5.56 Å². The summed E-state index contributed by atoms with van der Waals surface area (Å²) in [5.74, 6) is -0.284. The van der Waals surface area contributed by atoms with Crippen molar-refractivity contribution in [3.05, 3.63) is 71.3 Å². The number of benzene rings is 3. The van der Waals surface area contributed by atoms with Gasteiger partial charge in [-0.25, -0.2) is 0 Å². The number of Topliss-reactive ketones (excluding diaryl/α,β-unsaturated/α-hetero) is 1. The monoisotopic (exact) mass is 510 g/mol. The highest BCUT2D eigenvalue weighted by Crippen LogP contribution is 2.58. The van der Waals surface area contributed by atoms with Gasteiger partial charge >= 0.3 is 5.97 Å². The third kappa shape index (κ3) is 4.27. The van der Waals surface area contributed by atoms with Crippen LogP contribution in [0, 0.1) is 17.8 Å². The maximum absolute atomic E-state index is 12.2. The minimum Gasteiger partial charge on any atom is -0.468 e. The molecule has 0 spiro atoms. The van der Waals surface area contributed by atoms with Crippen molar-refractivity contribution in [3.63, 3.8) is 0 Å². The van der Waals surface area contributed by atoms with Gasteiger partial charge in [0.1, 0.15) is 5.92 Å². The molecular formula is C33H34O5. The molecule has 5 heteroatoms. The molecule has 0 radical (unpaired) electrons. The van der Waals surface area contributed by atoms with E-state index in [0.717, 1.165) is 45.2 Å². The van der Waals surface area contributed by atoms with Crippen LogP contribution in [0.5, 0.6) is 0 Å². The van der Waals surface area contributed by atoms with E-state index >= 15 is 0 Å². The third-order valence-electron chi connectivity index (χ3n) is 9.61. The normalized spacial score (nSPS) is 26.6. The summed E-state index contributed by atoms with van der Waals surface area (Å²) in [6.45, 7) is 0.0670. The van der Waals surface area contributed by atoms with Crippen LogP contribution in [0.25, 0.3) is 21.9 Å². The van der Waals surface area contributed by atoms with E-state index in [1.807, 2.05) is 12.1 Å². The van der Waals surface area contributed by atoms with E-state index in [4.69, 9.17) is 4.74 Å². The van der Waals surface area contributed by atoms with Gasteiger partial charge in [0.25, 0.3) is 0 Å². The first kappa shape index (κ1) is 25.0. The van der Waals surface area contributed by atoms with Crippen molar-refractivity contribution in [3.8, 4) is 11.1 Å². The second-order valence-electron chi connectivity index (χ2n) is 11.9. The van der Waals surface area contributed by atoms with Crippen molar-refractivity contribution in [2.75, 3.05) is 7.11 Å². The van der Waals surface area contributed by atoms with Crippen LogP contribution >= 0.6 is 0 Å². The number of esters is 1. The molecule has 3 aromatic rings. The number of fused-ring (bicyclic) bond motifs is 2. The quantitative estimate of drug-likeness (QED) is 0.186. The first-order valence-electron chi connectivity index (χ1n) is 13.8. The number of hydrogen-bond acceptors (Lipinski definition) is 5. The van der Waals surface area contributed by atoms with Crippen LogP contribution in [0.4, 0.5) is 0 Å². The predicted molar refractivity (Wildman–Crippen MR) is 146 cm³/mol. The van der Waals surface area contributed by atoms with Crippen LogP contribution in [0.2, 0.25) is 0 Å². The Morgan fingerprint density at radius 2 is 1.61 bits per heavy atom. The Morgan fingerprint density at radius 1 is 0.947 bits per heavy atom. The van der Waals surface area contributed by atoms with Gasteiger partial charge in [0, 0.05) is 0 Å². The zero-order valence-corrected chi connectivity index (χ0v) is 21.8. The van der Waals surface area contributed by atoms with E-state index < -0.39 is 17.7 Å². The molecule has 4 aliphatic carbocycles. The van der Waals surface area contributed by atoms with Gasteiger partial charge in [0.15, 0.2) is 6.29 Å². The summed E-state index contributed by atoms with van der Waals surface area (Å²) < 4.78 is 4.77. The molecule has 0 aromatic heterocycles. The standard InChI is InChI=1S/C33H34O5/c1-38-32(37)31(30(36)19-35)27-6-4-23-13-24(2-3-25(23)14-27)26-5-7-28(18-34)29(15-26)33-9-8-20-10-21(16-33)12-22(11-20)17-33/h2-7,13-15,19-22,31,34H,8-12,16-18H2,1H3. The summed E-state index contributed by atoms with van der Waals surface area (Å²) in [4.78, 5) is 35.5. The van der Waals surface area contributed by atoms with Crippen molar-refractivity contribution in [2.24, 2.45) is 17.8 Å². The fourth-order valence-electron chi connectivity index (χ4n) is 8.11. The zero-order chi connectivity index (χ0) is 26.4. The number of carbonyl (C=O) groups is 3. The van der Waals surface area contributed by atoms with Crippen LogP contribution < -0.4 is 0 Å². The van der Waals surface area contributed by atoms with Gasteiger partial charge in [-0.2, -0.15) is 0 Å². The minimum atomic E-state index is -1.25. The average molecular weight is 511 g/mol. The summed E-state index contributed by atoms with van der Waals surface area (Å²) in [5.41, 5.74) is 5.26. The second kappa shape index (κ2) is 9.77. The lowest BCUT2D eigenvalue weighted by molar-refractivity contribution is -0.147. The van der Waals surface area contributed by atoms with E-state index in [9.17, 15) is 19.5 Å². The molecule has 4 bridgehead atoms. The molecule has 0 amide bonds. The van der Waals surface area contributed by atoms with Crippen molar-refractivity contribution in [1.29, 1.82) is 0 Å². The summed E-state index contributed by atoms with van der Waals surface area (Å²) >= 11 is 0. The largest absolute Gasteiger partial charge is 0.468 e. The van der Waals surface area contributed by atoms with Gasteiger partial charge in [-0.1, -0.05) is 42.5 Å². The molecule has 3 unspecified atom stereocenters. The number of ether oxygens (including phenoxy) is 1. The van der Waals surface area contributed by atoms with Gasteiger partial charge in [-0.05, 0) is 119 Å². The van der Waals surface area contributed by atoms with Gasteiger partial charge in [-0.3, -0.25) is 14.4 Å². The number of aliphatic hydroxyl groups is 1. The van der Waals surface area contributed by atoms with E-state index in [2.05, 4.69) is 30.3 Å². The number of methoxy groups -OCH3 is 1. The number of ketones is 1. The average Bonchev–Trinajstić information content (AvgIpc) is 3.15. The molecule has 4 saturated carbocycles. The summed E-state index contributed by atoms with van der Waals surface area (Å²) in [5, 5.41) is 12.2. The second-order valence-corrected chi connectivity index (χ2v) is 11.9. The van der Waals surface area contributed by atoms with Crippen LogP contribution in [0.1, 0.15) is 67.6 Å². The molecule has 0 saturated heterocycles. The Balaban J connectivity index is 1.37. The first-order valence-corrected chi connectivity index (χ1v) is 13.8. The van der Waals surface area contributed by atoms with E-state index in [1.54, 1.807) is 12.1 Å². The maximum atomic E-state index is 12.2. The van der Waals surface area contributed by atoms with Crippen molar-refractivity contribution >= 4 is 28.8 Å². The van der Waals surface area contributed by atoms with E-state index in [-0.39, 0.29) is 18.3 Å². The Hall–Kier alpha value is -3.31. The molecule has 1 N–H and O–H groups in total. The first-order chi connectivity index (χ1) is 18.4. The lowest BCUT2D eigenvalue weighted by atomic mass is 9.58. The SMILES string of the molecule is COC(=O)C(C(=O)C=O)c1ccc2cc(-c3ccc(CO)c(C45CCC6CC(CC(C6)C4)C5)c3)ccc2c1. The summed E-state index contributed by atoms with van der Waals surface area (Å²) in [7, 11) is 1.21. The summed E-state index contributed by atoms with van der Waals surface area (Å²) in [6, 6.07) is 18.1. The summed E-state index contributed by atoms with van der Waals surface area (Å²) in [6.07, 6.45) is 9.35. The zero-order valence-electron chi connectivity index (χ0n) is 21.8. The van der Waals surface area contributed by atoms with Gasteiger partial charge in [-0.15, -0.1) is 0 Å². The van der Waals surface area contributed by atoms with Gasteiger partial charge in [0.2, 0.25) is 5.78 Å². The van der Waals surface area contributed by atoms with Crippen LogP contribution in [-0.2, 0) is 31.1 Å². The number of rotatable bonds is 7. The van der Waals surface area contributed by atoms with E-state index in [1.165, 1.54) is 57.6 Å². The van der Waals surface area contributed by atoms with Gasteiger partial charge < -0.3 is 9.84 Å². The molecular weight excluding hydrogens is 476 g/mol. The Kier molecular flexibility index (Phi) is 6.43. The molecule has 196 valence electrons. The topological polar surface area (TPSA) is 80.7 Å². The number of hydrogen-bond donors (Lipinski definition) is 1. The smallest absolute Gasteiger partial charge is 0.321 e. The highest BCUT2D eigenvalue weighted by molar-refractivity contribution is 6.33. The Bertz CT molecular complexity index is 1410. The van der Waals surface area contributed by atoms with Crippen LogP contribution in [0.15, 0.2) is 54.6 Å². The molecule has 7 rings (SSSR count). The molecule has 38 heavy (non-hydrogen) atoms. The lowest BCUT2D eigenvalue weighted by Gasteiger charge is -2.46. The molecule has 3 atom stereocenters. The molecule has 5 nitrogen and oxygen atoms in total. The molecule has 4 fully saturated rings. The van der Waals surface area contributed by atoms with Crippen LogP contribution in [-0.4, -0.2) is 30.3 Å². The Morgan fingerprint density at radius 3 is 2.32 bits per heavy atom. The number of carbonyl (C=O) groups excluding carboxylic acids is 3. The van der Waals surface area contributed by atoms with Crippen LogP contribution in [0.3, 0.4) is 0 Å². The highest BCUT2D eigenvalue weighted by Gasteiger charge is 2.49. The Labute approximate surface area is 223 Å². The fourth-order valence-corrected chi connectivity index (χ4v) is 8.11.